The molecule has 0 bridgehead atoms. The first-order chi connectivity index (χ1) is 28.0. The van der Waals surface area contributed by atoms with Gasteiger partial charge in [0.2, 0.25) is 0 Å². The van der Waals surface area contributed by atoms with Crippen LogP contribution < -0.4 is 11.1 Å². The number of hydrogen-bond acceptors (Lipinski definition) is 3. The van der Waals surface area contributed by atoms with E-state index in [1.807, 2.05) is 36.4 Å². The van der Waals surface area contributed by atoms with E-state index in [-0.39, 0.29) is 0 Å². The van der Waals surface area contributed by atoms with Gasteiger partial charge in [0, 0.05) is 54.8 Å². The predicted molar refractivity (Wildman–Crippen MR) is 239 cm³/mol. The zero-order chi connectivity index (χ0) is 38.2. The van der Waals surface area contributed by atoms with E-state index in [1.165, 1.54) is 82.1 Å². The highest BCUT2D eigenvalue weighted by atomic mass is 16.3. The summed E-state index contributed by atoms with van der Waals surface area (Å²) in [5.74, 6) is 0. The average Bonchev–Trinajstić information content (AvgIpc) is 3.78. The lowest BCUT2D eigenvalue weighted by Gasteiger charge is -2.13. The number of nitrogens with zero attached hydrogens (tertiary/aromatic N) is 2. The van der Waals surface area contributed by atoms with Crippen molar-refractivity contribution in [3.8, 4) is 11.4 Å². The molecule has 3 heterocycles. The number of anilines is 1. The van der Waals surface area contributed by atoms with Crippen LogP contribution in [0.5, 0.6) is 0 Å². The maximum Gasteiger partial charge on any atom is 0.138 e. The Kier molecular flexibility index (Phi) is 7.31. The third kappa shape index (κ3) is 4.99. The molecule has 0 atom stereocenters. The van der Waals surface area contributed by atoms with Gasteiger partial charge in [0.15, 0.2) is 0 Å². The summed E-state index contributed by atoms with van der Waals surface area (Å²) in [6.45, 7) is 2.15. The third-order valence-electron chi connectivity index (χ3n) is 11.4. The molecule has 0 saturated carbocycles. The zero-order valence-corrected chi connectivity index (χ0v) is 31.2. The van der Waals surface area contributed by atoms with E-state index in [0.717, 1.165) is 5.39 Å². The highest BCUT2D eigenvalue weighted by Crippen LogP contribution is 2.42. The second-order valence-electron chi connectivity index (χ2n) is 14.7. The summed E-state index contributed by atoms with van der Waals surface area (Å²) in [5.41, 5.74) is 16.4. The number of benzene rings is 9. The van der Waals surface area contributed by atoms with E-state index in [1.54, 1.807) is 6.07 Å². The number of para-hydroxylation sites is 4. The molecule has 0 aliphatic carbocycles. The number of nitrogen functional groups attached to an aromatic ring is 1. The van der Waals surface area contributed by atoms with Crippen molar-refractivity contribution < 1.29 is 4.42 Å². The lowest BCUT2D eigenvalue weighted by molar-refractivity contribution is 0.659. The molecular weight excluding hydrogens is 697 g/mol. The van der Waals surface area contributed by atoms with Gasteiger partial charge in [-0.3, -0.25) is 5.41 Å². The maximum atomic E-state index is 8.13. The van der Waals surface area contributed by atoms with Gasteiger partial charge in [0.1, 0.15) is 11.2 Å². The van der Waals surface area contributed by atoms with Crippen LogP contribution in [0.4, 0.5) is 5.69 Å². The molecule has 0 spiro atoms. The van der Waals surface area contributed by atoms with Crippen molar-refractivity contribution in [2.24, 2.45) is 0 Å². The van der Waals surface area contributed by atoms with Gasteiger partial charge < -0.3 is 19.3 Å². The number of hydrogen-bond donors (Lipinski definition) is 2. The third-order valence-corrected chi connectivity index (χ3v) is 11.4. The molecule has 12 aromatic rings. The van der Waals surface area contributed by atoms with Crippen molar-refractivity contribution >= 4 is 92.8 Å². The summed E-state index contributed by atoms with van der Waals surface area (Å²) in [4.78, 5) is 0. The van der Waals surface area contributed by atoms with E-state index in [4.69, 9.17) is 15.6 Å². The molecule has 270 valence electrons. The maximum absolute atomic E-state index is 8.13. The van der Waals surface area contributed by atoms with Gasteiger partial charge in [-0.25, -0.2) is 0 Å². The molecule has 3 aromatic heterocycles. The van der Waals surface area contributed by atoms with Crippen molar-refractivity contribution in [3.05, 3.63) is 193 Å². The Morgan fingerprint density at radius 3 is 1.46 bits per heavy atom. The lowest BCUT2D eigenvalue weighted by Crippen LogP contribution is -2.05. The first-order valence-corrected chi connectivity index (χ1v) is 19.2. The van der Waals surface area contributed by atoms with Gasteiger partial charge in [-0.1, -0.05) is 127 Å². The minimum Gasteiger partial charge on any atom is -0.456 e. The Hall–Kier alpha value is -7.63. The smallest absolute Gasteiger partial charge is 0.138 e. The van der Waals surface area contributed by atoms with E-state index < -0.39 is 0 Å². The number of fused-ring (bicyclic) bond motifs is 13. The van der Waals surface area contributed by atoms with Crippen LogP contribution in [0.2, 0.25) is 0 Å². The number of rotatable bonds is 2. The van der Waals surface area contributed by atoms with Gasteiger partial charge in [0.05, 0.1) is 32.8 Å². The molecule has 0 radical (unpaired) electrons. The SMILES string of the molecule is Cc1ccc(-n2c3ccccc3c3ccc4c5ccc6c7ccccc7n(-c7ccccc7)c6c5ccc4c32)cc1.N=c1c2ccccc2oc2cccc(N)c12. The van der Waals surface area contributed by atoms with Gasteiger partial charge in [-0.2, -0.15) is 0 Å². The number of aryl methyl sites for hydroxylation is 1. The Bertz CT molecular complexity index is 3610. The van der Waals surface area contributed by atoms with Crippen LogP contribution in [-0.4, -0.2) is 9.13 Å². The van der Waals surface area contributed by atoms with Crippen molar-refractivity contribution in [1.82, 2.24) is 9.13 Å². The number of nitrogens with one attached hydrogen (secondary N) is 1. The van der Waals surface area contributed by atoms with Crippen molar-refractivity contribution in [2.45, 2.75) is 6.92 Å². The predicted octanol–water partition coefficient (Wildman–Crippen LogP) is 13.1. The van der Waals surface area contributed by atoms with Gasteiger partial charge in [0.25, 0.3) is 0 Å². The zero-order valence-electron chi connectivity index (χ0n) is 31.2. The number of aromatic nitrogens is 2. The Balaban J connectivity index is 0.000000196. The molecule has 0 fully saturated rings. The standard InChI is InChI=1S/C39H26N2.C13H10N2O/c1-25-15-17-27(18-16-25)41-37-14-8-6-12-31(37)35-22-20-29-28-19-21-34-30-11-5-7-13-36(30)40(26-9-3-2-4-10-26)38(34)32(28)23-24-33(29)39(35)41;14-9-5-3-7-11-12(9)13(15)8-4-1-2-6-10(8)16-11/h2-24H,1H3;1-7,15H,14H2. The molecule has 0 aliphatic rings. The molecular formula is C52H36N4O. The first-order valence-electron chi connectivity index (χ1n) is 19.2. The second kappa shape index (κ2) is 12.7. The van der Waals surface area contributed by atoms with Crippen LogP contribution in [-0.2, 0) is 0 Å². The summed E-state index contributed by atoms with van der Waals surface area (Å²) < 4.78 is 10.6. The highest BCUT2D eigenvalue weighted by molar-refractivity contribution is 6.27. The Labute approximate surface area is 327 Å². The lowest BCUT2D eigenvalue weighted by atomic mass is 9.97. The molecule has 3 N–H and O–H groups in total. The van der Waals surface area contributed by atoms with Gasteiger partial charge >= 0.3 is 0 Å². The monoisotopic (exact) mass is 732 g/mol. The van der Waals surface area contributed by atoms with Crippen molar-refractivity contribution in [2.75, 3.05) is 5.73 Å². The summed E-state index contributed by atoms with van der Waals surface area (Å²) in [7, 11) is 0. The van der Waals surface area contributed by atoms with E-state index in [0.29, 0.717) is 27.6 Å². The molecule has 9 aromatic carbocycles. The van der Waals surface area contributed by atoms with E-state index in [2.05, 4.69) is 156 Å². The second-order valence-corrected chi connectivity index (χ2v) is 14.7. The van der Waals surface area contributed by atoms with Crippen molar-refractivity contribution in [1.29, 1.82) is 5.41 Å². The van der Waals surface area contributed by atoms with Crippen LogP contribution in [0.1, 0.15) is 5.56 Å². The Morgan fingerprint density at radius 2 is 0.860 bits per heavy atom. The minimum atomic E-state index is 0.426. The summed E-state index contributed by atoms with van der Waals surface area (Å²) >= 11 is 0. The van der Waals surface area contributed by atoms with Crippen LogP contribution in [0.15, 0.2) is 186 Å². The van der Waals surface area contributed by atoms with Gasteiger partial charge in [-0.15, -0.1) is 0 Å². The van der Waals surface area contributed by atoms with Crippen LogP contribution in [0, 0.1) is 12.3 Å². The van der Waals surface area contributed by atoms with Crippen LogP contribution in [0.25, 0.3) is 98.5 Å². The molecule has 0 amide bonds. The summed E-state index contributed by atoms with van der Waals surface area (Å²) in [5, 5.41) is 20.3. The topological polar surface area (TPSA) is 72.9 Å². The summed E-state index contributed by atoms with van der Waals surface area (Å²) in [6.07, 6.45) is 0. The van der Waals surface area contributed by atoms with Gasteiger partial charge in [-0.05, 0) is 78.4 Å². The van der Waals surface area contributed by atoms with Crippen LogP contribution >= 0.6 is 0 Å². The molecule has 5 heteroatoms. The van der Waals surface area contributed by atoms with E-state index >= 15 is 0 Å². The largest absolute Gasteiger partial charge is 0.456 e. The molecule has 5 nitrogen and oxygen atoms in total. The minimum absolute atomic E-state index is 0.426. The fourth-order valence-electron chi connectivity index (χ4n) is 8.86. The molecule has 12 rings (SSSR count). The fraction of sp³-hybridized carbons (Fsp3) is 0.0192. The quantitative estimate of drug-likeness (QED) is 0.105. The normalized spacial score (nSPS) is 11.7. The Morgan fingerprint density at radius 1 is 0.404 bits per heavy atom. The van der Waals surface area contributed by atoms with E-state index in [9.17, 15) is 0 Å². The van der Waals surface area contributed by atoms with Crippen molar-refractivity contribution in [3.63, 3.8) is 0 Å². The summed E-state index contributed by atoms with van der Waals surface area (Å²) in [6, 6.07) is 64.1. The number of nitrogens with two attached hydrogens (primary N) is 1. The molecule has 0 aliphatic heterocycles. The average molecular weight is 733 g/mol. The highest BCUT2D eigenvalue weighted by Gasteiger charge is 2.19. The fourth-order valence-corrected chi connectivity index (χ4v) is 8.86. The first kappa shape index (κ1) is 32.8. The molecule has 0 saturated heterocycles. The molecule has 57 heavy (non-hydrogen) atoms. The van der Waals surface area contributed by atoms with Crippen LogP contribution in [0.3, 0.4) is 0 Å². The molecule has 0 unspecified atom stereocenters.